The van der Waals surface area contributed by atoms with E-state index in [0.717, 1.165) is 0 Å². The molecule has 3 heterocycles. The summed E-state index contributed by atoms with van der Waals surface area (Å²) in [6.07, 6.45) is -0.777. The van der Waals surface area contributed by atoms with E-state index >= 15 is 0 Å². The van der Waals surface area contributed by atoms with Gasteiger partial charge in [-0.1, -0.05) is 48.5 Å². The minimum atomic E-state index is -2.15. The van der Waals surface area contributed by atoms with Crippen LogP contribution in [0.5, 0.6) is 0 Å². The number of carbonyl (C=O) groups excluding carboxylic acids is 2. The van der Waals surface area contributed by atoms with Crippen LogP contribution in [0.3, 0.4) is 0 Å². The second-order valence-corrected chi connectivity index (χ2v) is 13.0. The van der Waals surface area contributed by atoms with E-state index in [1.807, 2.05) is 34.6 Å². The monoisotopic (exact) mass is 614 g/mol. The van der Waals surface area contributed by atoms with Gasteiger partial charge in [-0.15, -0.1) is 0 Å². The van der Waals surface area contributed by atoms with Crippen LogP contribution in [0.2, 0.25) is 0 Å². The topological polar surface area (TPSA) is 133 Å². The number of hydrogen-bond donors (Lipinski definition) is 1. The summed E-state index contributed by atoms with van der Waals surface area (Å²) in [5.74, 6) is -4.09. The summed E-state index contributed by atoms with van der Waals surface area (Å²) in [7, 11) is 0. The highest BCUT2D eigenvalue weighted by molar-refractivity contribution is 5.84. The summed E-state index contributed by atoms with van der Waals surface area (Å²) < 4.78 is 25.2. The SMILES string of the molecule is CCC(=O)[C@H](C)c1oc([C@H](C)[C@@H]2O[C@](O)(c3oc(CC)c(C)c(=O)c3C)[C@@H](C)[C@@H](OC(=O)CC(C)C)[C@@H]2C)c(C)c(=O)c1C. The fourth-order valence-electron chi connectivity index (χ4n) is 6.54. The summed E-state index contributed by atoms with van der Waals surface area (Å²) in [6, 6.07) is 0. The van der Waals surface area contributed by atoms with Crippen molar-refractivity contribution in [3.8, 4) is 0 Å². The number of rotatable bonds is 10. The zero-order chi connectivity index (χ0) is 33.4. The van der Waals surface area contributed by atoms with E-state index in [4.69, 9.17) is 18.3 Å². The number of aryl methyl sites for hydroxylation is 1. The van der Waals surface area contributed by atoms with Crippen molar-refractivity contribution >= 4 is 11.8 Å². The van der Waals surface area contributed by atoms with E-state index in [9.17, 15) is 24.3 Å². The van der Waals surface area contributed by atoms with Crippen molar-refractivity contribution in [1.82, 2.24) is 0 Å². The van der Waals surface area contributed by atoms with Gasteiger partial charge in [-0.3, -0.25) is 19.2 Å². The van der Waals surface area contributed by atoms with Gasteiger partial charge in [0.25, 0.3) is 0 Å². The van der Waals surface area contributed by atoms with Crippen molar-refractivity contribution in [2.75, 3.05) is 0 Å². The minimum absolute atomic E-state index is 0.0311. The van der Waals surface area contributed by atoms with Crippen LogP contribution in [0.1, 0.15) is 125 Å². The fraction of sp³-hybridized carbons (Fsp3) is 0.657. The number of carbonyl (C=O) groups is 2. The van der Waals surface area contributed by atoms with Crippen LogP contribution >= 0.6 is 0 Å². The van der Waals surface area contributed by atoms with Crippen molar-refractivity contribution in [3.63, 3.8) is 0 Å². The molecule has 0 aromatic carbocycles. The average molecular weight is 615 g/mol. The molecule has 9 heteroatoms. The molecule has 0 radical (unpaired) electrons. The van der Waals surface area contributed by atoms with E-state index in [1.165, 1.54) is 0 Å². The number of Topliss-reactive ketones (excluding diaryl/α,β-unsaturated/α-hetero) is 1. The van der Waals surface area contributed by atoms with Gasteiger partial charge >= 0.3 is 5.97 Å². The standard InChI is InChI=1S/C35H50O9/c1-13-25(36)17(5)30-19(7)29(39)20(8)31(43-30)22(10)32-23(11)33(42-27(37)15-16(3)4)24(12)35(40,44-32)34-21(9)28(38)18(6)26(14-2)41-34/h16-17,22-24,32-33,40H,13-15H2,1-12H3/t17-,22-,23+,24-,32-,33-,35-/m0/s1. The quantitative estimate of drug-likeness (QED) is 0.318. The van der Waals surface area contributed by atoms with Crippen LogP contribution in [0, 0.1) is 45.4 Å². The molecule has 1 aliphatic heterocycles. The molecule has 0 amide bonds. The molecule has 7 atom stereocenters. The van der Waals surface area contributed by atoms with Crippen molar-refractivity contribution < 1.29 is 33.0 Å². The van der Waals surface area contributed by atoms with Gasteiger partial charge in [0, 0.05) is 53.4 Å². The number of esters is 1. The Morgan fingerprint density at radius 2 is 1.45 bits per heavy atom. The maximum Gasteiger partial charge on any atom is 0.306 e. The van der Waals surface area contributed by atoms with E-state index in [0.29, 0.717) is 46.8 Å². The molecule has 2 aromatic rings. The predicted molar refractivity (Wildman–Crippen MR) is 167 cm³/mol. The van der Waals surface area contributed by atoms with Gasteiger partial charge in [-0.05, 0) is 40.5 Å². The summed E-state index contributed by atoms with van der Waals surface area (Å²) in [5, 5.41) is 12.4. The van der Waals surface area contributed by atoms with Crippen LogP contribution in [0.15, 0.2) is 18.4 Å². The van der Waals surface area contributed by atoms with Crippen LogP contribution < -0.4 is 10.9 Å². The largest absolute Gasteiger partial charge is 0.464 e. The molecule has 1 saturated heterocycles. The first-order valence-corrected chi connectivity index (χ1v) is 15.8. The molecular weight excluding hydrogens is 564 g/mol. The third-order valence-corrected chi connectivity index (χ3v) is 9.39. The Labute approximate surface area is 260 Å². The average Bonchev–Trinajstić information content (AvgIpc) is 2.97. The molecule has 1 aliphatic rings. The lowest BCUT2D eigenvalue weighted by Gasteiger charge is -2.50. The summed E-state index contributed by atoms with van der Waals surface area (Å²) in [4.78, 5) is 52.3. The smallest absolute Gasteiger partial charge is 0.306 e. The second-order valence-electron chi connectivity index (χ2n) is 13.0. The van der Waals surface area contributed by atoms with Crippen molar-refractivity contribution in [2.24, 2.45) is 17.8 Å². The van der Waals surface area contributed by atoms with E-state index in [2.05, 4.69) is 0 Å². The highest BCUT2D eigenvalue weighted by Gasteiger charge is 2.57. The Hall–Kier alpha value is -3.04. The highest BCUT2D eigenvalue weighted by Crippen LogP contribution is 2.48. The normalized spacial score (nSPS) is 25.1. The first kappa shape index (κ1) is 35.4. The molecule has 0 spiro atoms. The molecule has 2 aromatic heterocycles. The summed E-state index contributed by atoms with van der Waals surface area (Å²) >= 11 is 0. The number of ketones is 1. The zero-order valence-electron chi connectivity index (χ0n) is 28.4. The van der Waals surface area contributed by atoms with Gasteiger partial charge in [0.15, 0.2) is 16.6 Å². The minimum Gasteiger partial charge on any atom is -0.464 e. The van der Waals surface area contributed by atoms with E-state index in [-0.39, 0.29) is 40.3 Å². The molecule has 44 heavy (non-hydrogen) atoms. The number of ether oxygens (including phenoxy) is 2. The van der Waals surface area contributed by atoms with Crippen LogP contribution in [-0.2, 0) is 31.3 Å². The van der Waals surface area contributed by atoms with Crippen molar-refractivity contribution in [1.29, 1.82) is 0 Å². The lowest BCUT2D eigenvalue weighted by Crippen LogP contribution is -2.58. The van der Waals surface area contributed by atoms with Crippen molar-refractivity contribution in [2.45, 2.75) is 132 Å². The molecule has 1 N–H and O–H groups in total. The molecule has 244 valence electrons. The molecule has 9 nitrogen and oxygen atoms in total. The van der Waals surface area contributed by atoms with Gasteiger partial charge in [0.2, 0.25) is 5.79 Å². The molecular formula is C35H50O9. The highest BCUT2D eigenvalue weighted by atomic mass is 16.7. The zero-order valence-corrected chi connectivity index (χ0v) is 28.4. The first-order valence-electron chi connectivity index (χ1n) is 15.8. The van der Waals surface area contributed by atoms with Crippen LogP contribution in [0.25, 0.3) is 0 Å². The van der Waals surface area contributed by atoms with Gasteiger partial charge in [-0.2, -0.15) is 0 Å². The summed E-state index contributed by atoms with van der Waals surface area (Å²) in [6.45, 7) is 21.2. The van der Waals surface area contributed by atoms with Gasteiger partial charge in [0.05, 0.1) is 17.9 Å². The van der Waals surface area contributed by atoms with Gasteiger partial charge < -0.3 is 23.4 Å². The van der Waals surface area contributed by atoms with E-state index < -0.39 is 47.6 Å². The predicted octanol–water partition coefficient (Wildman–Crippen LogP) is 6.05. The van der Waals surface area contributed by atoms with E-state index in [1.54, 1.807) is 48.5 Å². The molecule has 0 unspecified atom stereocenters. The second kappa shape index (κ2) is 13.5. The Morgan fingerprint density at radius 3 is 2.00 bits per heavy atom. The Kier molecular flexibility index (Phi) is 10.9. The van der Waals surface area contributed by atoms with Crippen LogP contribution in [0.4, 0.5) is 0 Å². The van der Waals surface area contributed by atoms with Crippen LogP contribution in [-0.4, -0.2) is 29.1 Å². The Morgan fingerprint density at radius 1 is 0.886 bits per heavy atom. The lowest BCUT2D eigenvalue weighted by atomic mass is 9.75. The van der Waals surface area contributed by atoms with Crippen molar-refractivity contribution in [3.05, 3.63) is 65.7 Å². The number of hydrogen-bond acceptors (Lipinski definition) is 9. The summed E-state index contributed by atoms with van der Waals surface area (Å²) in [5.41, 5.74) is 0.911. The molecule has 3 rings (SSSR count). The van der Waals surface area contributed by atoms with Gasteiger partial charge in [-0.25, -0.2) is 0 Å². The maximum atomic E-state index is 13.4. The molecule has 1 fully saturated rings. The molecule has 0 bridgehead atoms. The Bertz CT molecular complexity index is 1510. The molecule has 0 aliphatic carbocycles. The fourth-order valence-corrected chi connectivity index (χ4v) is 6.54. The third kappa shape index (κ3) is 6.36. The lowest BCUT2D eigenvalue weighted by molar-refractivity contribution is -0.338. The molecule has 0 saturated carbocycles. The van der Waals surface area contributed by atoms with Gasteiger partial charge in [0.1, 0.15) is 29.2 Å². The number of aliphatic hydroxyl groups is 1. The third-order valence-electron chi connectivity index (χ3n) is 9.39. The Balaban J connectivity index is 2.25. The maximum absolute atomic E-state index is 13.4. The first-order chi connectivity index (χ1) is 20.4.